The fourth-order valence-electron chi connectivity index (χ4n) is 5.01. The molecular formula is C24H37N5O7S2. The number of alkyl carbamates (subject to hydrolysis) is 1. The molecule has 0 spiro atoms. The number of carbonyl (C=O) groups excluding carboxylic acids is 4. The van der Waals surface area contributed by atoms with Crippen LogP contribution in [-0.4, -0.2) is 87.0 Å². The van der Waals surface area contributed by atoms with Crippen molar-refractivity contribution in [3.05, 3.63) is 6.20 Å². The molecule has 14 heteroatoms. The van der Waals surface area contributed by atoms with Crippen molar-refractivity contribution in [2.45, 2.75) is 74.9 Å². The number of H-pyrrole nitrogens is 1. The molecule has 6 atom stereocenters. The molecule has 0 aromatic carbocycles. The molecule has 2 fully saturated rings. The Balaban J connectivity index is 1.90. The summed E-state index contributed by atoms with van der Waals surface area (Å²) in [6, 6.07) is -0.955. The molecule has 2 amide bonds. The van der Waals surface area contributed by atoms with E-state index in [0.717, 1.165) is 0 Å². The number of hydrogen-bond acceptors (Lipinski definition) is 11. The number of ether oxygens (including phenoxy) is 3. The fraction of sp³-hybridized carbons (Fsp3) is 0.750. The van der Waals surface area contributed by atoms with Crippen LogP contribution in [0.15, 0.2) is 11.2 Å². The zero-order valence-electron chi connectivity index (χ0n) is 22.6. The third kappa shape index (κ3) is 6.93. The zero-order valence-corrected chi connectivity index (χ0v) is 24.2. The highest BCUT2D eigenvalue weighted by Crippen LogP contribution is 2.66. The first-order valence-corrected chi connectivity index (χ1v) is 14.9. The van der Waals surface area contributed by atoms with Crippen LogP contribution in [0.25, 0.3) is 0 Å². The Morgan fingerprint density at radius 2 is 1.92 bits per heavy atom. The number of thioether (sulfide) groups is 2. The summed E-state index contributed by atoms with van der Waals surface area (Å²) in [5.41, 5.74) is -2.22. The van der Waals surface area contributed by atoms with E-state index in [4.69, 9.17) is 14.2 Å². The van der Waals surface area contributed by atoms with Gasteiger partial charge in [0.05, 0.1) is 25.3 Å². The number of nitrogens with one attached hydrogen (secondary N) is 3. The Bertz CT molecular complexity index is 1000. The number of aromatic nitrogens is 3. The minimum atomic E-state index is -1.47. The molecule has 0 unspecified atom stereocenters. The van der Waals surface area contributed by atoms with E-state index in [1.807, 2.05) is 6.26 Å². The molecule has 0 radical (unpaired) electrons. The number of rotatable bonds is 12. The minimum absolute atomic E-state index is 0.102. The van der Waals surface area contributed by atoms with Crippen molar-refractivity contribution in [2.24, 2.45) is 17.8 Å². The second-order valence-electron chi connectivity index (χ2n) is 10.2. The zero-order chi connectivity index (χ0) is 28.1. The van der Waals surface area contributed by atoms with E-state index in [1.165, 1.54) is 23.5 Å². The number of aromatic amines is 1. The molecule has 0 aliphatic heterocycles. The predicted octanol–water partition coefficient (Wildman–Crippen LogP) is 2.16. The molecule has 1 heterocycles. The van der Waals surface area contributed by atoms with Gasteiger partial charge in [0.25, 0.3) is 0 Å². The second-order valence-corrected chi connectivity index (χ2v) is 12.5. The van der Waals surface area contributed by atoms with Crippen LogP contribution in [0.1, 0.15) is 47.5 Å². The third-order valence-corrected chi connectivity index (χ3v) is 8.29. The van der Waals surface area contributed by atoms with Gasteiger partial charge in [0, 0.05) is 11.2 Å². The Labute approximate surface area is 230 Å². The number of fused-ring (bicyclic) bond motifs is 1. The van der Waals surface area contributed by atoms with E-state index >= 15 is 0 Å². The van der Waals surface area contributed by atoms with Gasteiger partial charge in [-0.25, -0.2) is 9.59 Å². The van der Waals surface area contributed by atoms with Crippen molar-refractivity contribution in [1.29, 1.82) is 0 Å². The largest absolute Gasteiger partial charge is 0.466 e. The van der Waals surface area contributed by atoms with Gasteiger partial charge >= 0.3 is 18.0 Å². The molecule has 3 N–H and O–H groups in total. The van der Waals surface area contributed by atoms with Gasteiger partial charge < -0.3 is 24.8 Å². The second kappa shape index (κ2) is 12.6. The molecule has 2 aliphatic carbocycles. The Hall–Kier alpha value is -2.48. The Morgan fingerprint density at radius 1 is 1.21 bits per heavy atom. The molecule has 12 nitrogen and oxygen atoms in total. The SMILES string of the molecule is CCOC(=O)[C@H]1[C@H]2[C@@H]1[C@](NC(=O)[C@H](CCSC)NC(=O)OC(C)(C)C)(C(=O)OCC)C[C@H]2Sc1cn[nH]n1. The first-order chi connectivity index (χ1) is 18.0. The molecule has 0 bridgehead atoms. The maximum absolute atomic E-state index is 13.7. The quantitative estimate of drug-likeness (QED) is 0.249. The summed E-state index contributed by atoms with van der Waals surface area (Å²) in [6.45, 7) is 8.89. The minimum Gasteiger partial charge on any atom is -0.466 e. The topological polar surface area (TPSA) is 162 Å². The van der Waals surface area contributed by atoms with Crippen LogP contribution in [0.3, 0.4) is 0 Å². The molecule has 1 aromatic heterocycles. The van der Waals surface area contributed by atoms with Crippen molar-refractivity contribution in [3.8, 4) is 0 Å². The fourth-order valence-corrected chi connectivity index (χ4v) is 6.84. The summed E-state index contributed by atoms with van der Waals surface area (Å²) < 4.78 is 16.1. The van der Waals surface area contributed by atoms with Gasteiger partial charge in [0.2, 0.25) is 5.91 Å². The summed E-state index contributed by atoms with van der Waals surface area (Å²) in [7, 11) is 0. The van der Waals surface area contributed by atoms with E-state index in [9.17, 15) is 19.2 Å². The van der Waals surface area contributed by atoms with E-state index in [2.05, 4.69) is 26.0 Å². The first kappa shape index (κ1) is 30.1. The van der Waals surface area contributed by atoms with Crippen molar-refractivity contribution in [3.63, 3.8) is 0 Å². The van der Waals surface area contributed by atoms with Gasteiger partial charge in [-0.15, -0.1) is 5.10 Å². The Kier molecular flexibility index (Phi) is 9.96. The van der Waals surface area contributed by atoms with Crippen molar-refractivity contribution < 1.29 is 33.4 Å². The van der Waals surface area contributed by atoms with Crippen LogP contribution in [0, 0.1) is 17.8 Å². The van der Waals surface area contributed by atoms with E-state index in [-0.39, 0.29) is 30.8 Å². The summed E-state index contributed by atoms with van der Waals surface area (Å²) in [6.07, 6.45) is 3.26. The van der Waals surface area contributed by atoms with Crippen LogP contribution >= 0.6 is 23.5 Å². The maximum atomic E-state index is 13.7. The van der Waals surface area contributed by atoms with Crippen molar-refractivity contribution in [2.75, 3.05) is 25.2 Å². The lowest BCUT2D eigenvalue weighted by Gasteiger charge is -2.33. The lowest BCUT2D eigenvalue weighted by Crippen LogP contribution is -2.61. The number of carbonyl (C=O) groups is 4. The van der Waals surface area contributed by atoms with Gasteiger partial charge in [-0.1, -0.05) is 11.8 Å². The smallest absolute Gasteiger partial charge is 0.408 e. The highest BCUT2D eigenvalue weighted by Gasteiger charge is 2.76. The van der Waals surface area contributed by atoms with E-state index in [0.29, 0.717) is 17.2 Å². The number of nitrogens with zero attached hydrogens (tertiary/aromatic N) is 2. The lowest BCUT2D eigenvalue weighted by atomic mass is 9.89. The van der Waals surface area contributed by atoms with Crippen LogP contribution < -0.4 is 10.6 Å². The molecule has 1 aromatic rings. The lowest BCUT2D eigenvalue weighted by molar-refractivity contribution is -0.156. The summed E-state index contributed by atoms with van der Waals surface area (Å²) in [5, 5.41) is 16.4. The average Bonchev–Trinajstić information content (AvgIpc) is 3.22. The standard InChI is InChI=1S/C24H37N5O7S2/c1-7-34-20(31)17-16-14(38-15-12-25-29-28-15)11-24(18(16)17,21(32)35-8-2)27-19(30)13(9-10-37-6)26-22(33)36-23(3,4)5/h12-14,16-18H,7-11H2,1-6H3,(H,26,33)(H,27,30)(H,25,28,29)/t13-,14+,16-,17-,18-,24-/m0/s1. The van der Waals surface area contributed by atoms with Gasteiger partial charge in [0.15, 0.2) is 0 Å². The first-order valence-electron chi connectivity index (χ1n) is 12.6. The molecule has 38 heavy (non-hydrogen) atoms. The van der Waals surface area contributed by atoms with Crippen molar-refractivity contribution in [1.82, 2.24) is 26.0 Å². The predicted molar refractivity (Wildman–Crippen MR) is 141 cm³/mol. The van der Waals surface area contributed by atoms with E-state index < -0.39 is 53.0 Å². The third-order valence-electron chi connectivity index (χ3n) is 6.42. The highest BCUT2D eigenvalue weighted by molar-refractivity contribution is 7.99. The van der Waals surface area contributed by atoms with Crippen LogP contribution in [0.2, 0.25) is 0 Å². The molecule has 2 saturated carbocycles. The molecule has 0 saturated heterocycles. The molecule has 2 aliphatic rings. The number of hydrogen-bond donors (Lipinski definition) is 3. The normalized spacial score (nSPS) is 26.6. The van der Waals surface area contributed by atoms with Gasteiger partial charge in [-0.2, -0.15) is 22.1 Å². The monoisotopic (exact) mass is 571 g/mol. The van der Waals surface area contributed by atoms with E-state index in [1.54, 1.807) is 40.8 Å². The van der Waals surface area contributed by atoms with Gasteiger partial charge in [0.1, 0.15) is 22.2 Å². The highest BCUT2D eigenvalue weighted by atomic mass is 32.2. The van der Waals surface area contributed by atoms with Gasteiger partial charge in [-0.3, -0.25) is 9.59 Å². The van der Waals surface area contributed by atoms with Crippen molar-refractivity contribution >= 4 is 47.5 Å². The number of amides is 2. The van der Waals surface area contributed by atoms with Crippen LogP contribution in [0.4, 0.5) is 4.79 Å². The molecular weight excluding hydrogens is 534 g/mol. The summed E-state index contributed by atoms with van der Waals surface area (Å²) in [5.74, 6) is -2.32. The number of esters is 2. The summed E-state index contributed by atoms with van der Waals surface area (Å²) in [4.78, 5) is 52.6. The van der Waals surface area contributed by atoms with Crippen LogP contribution in [0.5, 0.6) is 0 Å². The Morgan fingerprint density at radius 3 is 2.50 bits per heavy atom. The molecule has 3 rings (SSSR count). The average molecular weight is 572 g/mol. The van der Waals surface area contributed by atoms with Gasteiger partial charge in [-0.05, 0) is 65.4 Å². The maximum Gasteiger partial charge on any atom is 0.408 e. The van der Waals surface area contributed by atoms with Crippen LogP contribution in [-0.2, 0) is 28.6 Å². The summed E-state index contributed by atoms with van der Waals surface area (Å²) >= 11 is 2.91. The molecule has 212 valence electrons.